The first kappa shape index (κ1) is 22.9. The van der Waals surface area contributed by atoms with Gasteiger partial charge in [-0.25, -0.2) is 8.42 Å². The van der Waals surface area contributed by atoms with Gasteiger partial charge in [0.15, 0.2) is 4.34 Å². The number of piperidine rings is 1. The lowest BCUT2D eigenvalue weighted by molar-refractivity contribution is -0.113. The fourth-order valence-electron chi connectivity index (χ4n) is 3.71. The number of aromatic nitrogens is 2. The van der Waals surface area contributed by atoms with E-state index in [0.717, 1.165) is 23.6 Å². The van der Waals surface area contributed by atoms with Gasteiger partial charge in [0.1, 0.15) is 5.51 Å². The predicted molar refractivity (Wildman–Crippen MR) is 127 cm³/mol. The highest BCUT2D eigenvalue weighted by molar-refractivity contribution is 8.01. The molecule has 168 valence electrons. The summed E-state index contributed by atoms with van der Waals surface area (Å²) in [5.41, 5.74) is 3.48. The molecule has 0 atom stereocenters. The largest absolute Gasteiger partial charge is 0.325 e. The van der Waals surface area contributed by atoms with Crippen LogP contribution in [0.2, 0.25) is 0 Å². The summed E-state index contributed by atoms with van der Waals surface area (Å²) in [4.78, 5) is 12.3. The minimum absolute atomic E-state index is 0.179. The SMILES string of the molecule is O=C(CSc1nncs1)Nc1ccc(S(=O)(=O)N2CCC(Cc3ccccc3)CC2)cc1. The Labute approximate surface area is 196 Å². The molecule has 1 aromatic heterocycles. The molecule has 10 heteroatoms. The second-order valence-electron chi connectivity index (χ2n) is 7.60. The van der Waals surface area contributed by atoms with Gasteiger partial charge >= 0.3 is 0 Å². The van der Waals surface area contributed by atoms with Crippen molar-refractivity contribution in [3.8, 4) is 0 Å². The number of hydrogen-bond donors (Lipinski definition) is 1. The van der Waals surface area contributed by atoms with E-state index in [1.165, 1.54) is 28.7 Å². The monoisotopic (exact) mass is 488 g/mol. The molecule has 32 heavy (non-hydrogen) atoms. The van der Waals surface area contributed by atoms with E-state index < -0.39 is 10.0 Å². The van der Waals surface area contributed by atoms with Crippen molar-refractivity contribution >= 4 is 44.7 Å². The van der Waals surface area contributed by atoms with Gasteiger partial charge in [-0.05, 0) is 55.0 Å². The van der Waals surface area contributed by atoms with Gasteiger partial charge in [-0.1, -0.05) is 53.4 Å². The van der Waals surface area contributed by atoms with E-state index in [2.05, 4.69) is 27.6 Å². The van der Waals surface area contributed by atoms with Crippen molar-refractivity contribution in [2.75, 3.05) is 24.2 Å². The zero-order valence-corrected chi connectivity index (χ0v) is 19.8. The van der Waals surface area contributed by atoms with Gasteiger partial charge in [0.05, 0.1) is 10.6 Å². The molecule has 0 bridgehead atoms. The van der Waals surface area contributed by atoms with Crippen LogP contribution in [0.4, 0.5) is 5.69 Å². The van der Waals surface area contributed by atoms with Gasteiger partial charge in [0, 0.05) is 18.8 Å². The third kappa shape index (κ3) is 5.94. The summed E-state index contributed by atoms with van der Waals surface area (Å²) in [5, 5.41) is 10.4. The highest BCUT2D eigenvalue weighted by atomic mass is 32.2. The Morgan fingerprint density at radius 2 is 1.81 bits per heavy atom. The van der Waals surface area contributed by atoms with Crippen molar-refractivity contribution in [2.45, 2.75) is 28.5 Å². The summed E-state index contributed by atoms with van der Waals surface area (Å²) in [6.45, 7) is 1.06. The van der Waals surface area contributed by atoms with E-state index in [4.69, 9.17) is 0 Å². The second kappa shape index (κ2) is 10.6. The minimum atomic E-state index is -3.54. The molecule has 3 aromatic rings. The van der Waals surface area contributed by atoms with Crippen LogP contribution in [0, 0.1) is 5.92 Å². The molecule has 0 radical (unpaired) electrons. The zero-order valence-electron chi connectivity index (χ0n) is 17.4. The maximum Gasteiger partial charge on any atom is 0.243 e. The van der Waals surface area contributed by atoms with E-state index in [-0.39, 0.29) is 16.6 Å². The van der Waals surface area contributed by atoms with Crippen LogP contribution in [0.15, 0.2) is 69.3 Å². The van der Waals surface area contributed by atoms with Crippen LogP contribution in [0.25, 0.3) is 0 Å². The number of hydrogen-bond acceptors (Lipinski definition) is 7. The number of nitrogens with zero attached hydrogens (tertiary/aromatic N) is 3. The molecule has 1 aliphatic heterocycles. The van der Waals surface area contributed by atoms with Crippen molar-refractivity contribution < 1.29 is 13.2 Å². The number of nitrogens with one attached hydrogen (secondary N) is 1. The fraction of sp³-hybridized carbons (Fsp3) is 0.318. The zero-order chi connectivity index (χ0) is 22.4. The summed E-state index contributed by atoms with van der Waals surface area (Å²) in [7, 11) is -3.54. The number of anilines is 1. The molecule has 1 saturated heterocycles. The van der Waals surface area contributed by atoms with Crippen LogP contribution >= 0.6 is 23.1 Å². The number of sulfonamides is 1. The Bertz CT molecular complexity index is 1110. The summed E-state index contributed by atoms with van der Waals surface area (Å²) in [6.07, 6.45) is 2.70. The number of carbonyl (C=O) groups is 1. The van der Waals surface area contributed by atoms with Gasteiger partial charge < -0.3 is 5.32 Å². The van der Waals surface area contributed by atoms with Gasteiger partial charge in [0.25, 0.3) is 0 Å². The molecule has 0 spiro atoms. The quantitative estimate of drug-likeness (QED) is 0.483. The Kier molecular flexibility index (Phi) is 7.56. The van der Waals surface area contributed by atoms with Gasteiger partial charge in [-0.2, -0.15) is 4.31 Å². The van der Waals surface area contributed by atoms with E-state index >= 15 is 0 Å². The van der Waals surface area contributed by atoms with Crippen LogP contribution in [-0.2, 0) is 21.2 Å². The molecule has 4 rings (SSSR count). The van der Waals surface area contributed by atoms with Crippen molar-refractivity contribution in [1.82, 2.24) is 14.5 Å². The van der Waals surface area contributed by atoms with Crippen molar-refractivity contribution in [1.29, 1.82) is 0 Å². The van der Waals surface area contributed by atoms with Gasteiger partial charge in [-0.15, -0.1) is 10.2 Å². The summed E-state index contributed by atoms with van der Waals surface area (Å²) in [6, 6.07) is 16.7. The molecule has 1 fully saturated rings. The van der Waals surface area contributed by atoms with Crippen molar-refractivity contribution in [3.63, 3.8) is 0 Å². The summed E-state index contributed by atoms with van der Waals surface area (Å²) >= 11 is 2.69. The Morgan fingerprint density at radius 1 is 1.09 bits per heavy atom. The normalized spacial score (nSPS) is 15.5. The van der Waals surface area contributed by atoms with Crippen molar-refractivity contribution in [3.05, 3.63) is 65.7 Å². The first-order valence-corrected chi connectivity index (χ1v) is 13.6. The van der Waals surface area contributed by atoms with E-state index in [1.54, 1.807) is 34.1 Å². The number of thioether (sulfide) groups is 1. The lowest BCUT2D eigenvalue weighted by atomic mass is 9.91. The minimum Gasteiger partial charge on any atom is -0.325 e. The lowest BCUT2D eigenvalue weighted by Gasteiger charge is -2.31. The molecule has 2 heterocycles. The van der Waals surface area contributed by atoms with Crippen LogP contribution in [0.3, 0.4) is 0 Å². The number of carbonyl (C=O) groups excluding carboxylic acids is 1. The predicted octanol–water partition coefficient (Wildman–Crippen LogP) is 3.91. The van der Waals surface area contributed by atoms with Gasteiger partial charge in [0.2, 0.25) is 15.9 Å². The molecule has 2 aromatic carbocycles. The summed E-state index contributed by atoms with van der Waals surface area (Å²) < 4.78 is 28.4. The Hall–Kier alpha value is -2.27. The van der Waals surface area contributed by atoms with E-state index in [1.807, 2.05) is 18.2 Å². The molecule has 1 amide bonds. The molecule has 0 aliphatic carbocycles. The molecule has 1 aliphatic rings. The number of benzene rings is 2. The average Bonchev–Trinajstić information content (AvgIpc) is 3.33. The third-order valence-corrected chi connectivity index (χ3v) is 9.16. The highest BCUT2D eigenvalue weighted by Gasteiger charge is 2.29. The van der Waals surface area contributed by atoms with E-state index in [9.17, 15) is 13.2 Å². The lowest BCUT2D eigenvalue weighted by Crippen LogP contribution is -2.38. The first-order valence-electron chi connectivity index (χ1n) is 10.3. The average molecular weight is 489 g/mol. The molecule has 7 nitrogen and oxygen atoms in total. The third-order valence-electron chi connectivity index (χ3n) is 5.38. The smallest absolute Gasteiger partial charge is 0.243 e. The van der Waals surface area contributed by atoms with Crippen LogP contribution in [-0.4, -0.2) is 47.7 Å². The Balaban J connectivity index is 1.29. The van der Waals surface area contributed by atoms with Crippen molar-refractivity contribution in [2.24, 2.45) is 5.92 Å². The molecular formula is C22H24N4O3S3. The maximum atomic E-state index is 13.0. The molecular weight excluding hydrogens is 464 g/mol. The molecule has 0 saturated carbocycles. The Morgan fingerprint density at radius 3 is 2.47 bits per heavy atom. The molecule has 1 N–H and O–H groups in total. The van der Waals surface area contributed by atoms with Crippen LogP contribution < -0.4 is 5.32 Å². The van der Waals surface area contributed by atoms with Crippen LogP contribution in [0.1, 0.15) is 18.4 Å². The molecule has 0 unspecified atom stereocenters. The second-order valence-corrected chi connectivity index (χ2v) is 11.6. The fourth-order valence-corrected chi connectivity index (χ4v) is 6.47. The first-order chi connectivity index (χ1) is 15.5. The number of amides is 1. The topological polar surface area (TPSA) is 92.3 Å². The highest BCUT2D eigenvalue weighted by Crippen LogP contribution is 2.27. The van der Waals surface area contributed by atoms with Crippen LogP contribution in [0.5, 0.6) is 0 Å². The summed E-state index contributed by atoms with van der Waals surface area (Å²) in [5.74, 6) is 0.536. The standard InChI is InChI=1S/C22H24N4O3S3/c27-21(15-30-22-25-23-16-31-22)24-19-6-8-20(9-7-19)32(28,29)26-12-10-18(11-13-26)14-17-4-2-1-3-5-17/h1-9,16,18H,10-15H2,(H,24,27). The number of rotatable bonds is 8. The maximum absolute atomic E-state index is 13.0. The van der Waals surface area contributed by atoms with Gasteiger partial charge in [-0.3, -0.25) is 4.79 Å². The van der Waals surface area contributed by atoms with E-state index in [0.29, 0.717) is 24.7 Å².